The Kier molecular flexibility index (Phi) is 4.51. The molecule has 0 aliphatic rings. The lowest BCUT2D eigenvalue weighted by molar-refractivity contribution is 0.279. The van der Waals surface area contributed by atoms with Gasteiger partial charge in [-0.05, 0) is 35.9 Å². The van der Waals surface area contributed by atoms with Gasteiger partial charge in [-0.1, -0.05) is 51.4 Å². The van der Waals surface area contributed by atoms with E-state index < -0.39 is 0 Å². The molecule has 2 rings (SSSR count). The fourth-order valence-electron chi connectivity index (χ4n) is 1.41. The second-order valence-electron chi connectivity index (χ2n) is 3.47. The van der Waals surface area contributed by atoms with Crippen molar-refractivity contribution in [2.45, 2.75) is 16.4 Å². The van der Waals surface area contributed by atoms with Crippen molar-refractivity contribution < 1.29 is 5.11 Å². The summed E-state index contributed by atoms with van der Waals surface area (Å²) in [4.78, 5) is 2.09. The van der Waals surface area contributed by atoms with E-state index in [1.807, 2.05) is 42.5 Å². The molecule has 1 nitrogen and oxygen atoms in total. The van der Waals surface area contributed by atoms with Crippen LogP contribution in [0, 0.1) is 0 Å². The summed E-state index contributed by atoms with van der Waals surface area (Å²) in [6.45, 7) is 0.0379. The molecule has 0 heterocycles. The quantitative estimate of drug-likeness (QED) is 0.877. The SMILES string of the molecule is OCc1ccc(Br)cc1Sc1cccc(Cl)c1. The maximum atomic E-state index is 9.29. The minimum atomic E-state index is 0.0379. The summed E-state index contributed by atoms with van der Waals surface area (Å²) in [7, 11) is 0. The van der Waals surface area contributed by atoms with Crippen molar-refractivity contribution in [3.8, 4) is 0 Å². The number of aliphatic hydroxyl groups excluding tert-OH is 1. The van der Waals surface area contributed by atoms with E-state index in [0.29, 0.717) is 0 Å². The van der Waals surface area contributed by atoms with Gasteiger partial charge in [-0.25, -0.2) is 0 Å². The summed E-state index contributed by atoms with van der Waals surface area (Å²) >= 11 is 11.0. The number of halogens is 2. The van der Waals surface area contributed by atoms with Crippen molar-refractivity contribution in [1.82, 2.24) is 0 Å². The van der Waals surface area contributed by atoms with E-state index in [1.165, 1.54) is 0 Å². The Balaban J connectivity index is 2.32. The molecule has 0 unspecified atom stereocenters. The lowest BCUT2D eigenvalue weighted by atomic mass is 10.2. The molecule has 2 aromatic carbocycles. The van der Waals surface area contributed by atoms with Gasteiger partial charge in [0.1, 0.15) is 0 Å². The van der Waals surface area contributed by atoms with Crippen LogP contribution in [0.15, 0.2) is 56.7 Å². The zero-order valence-electron chi connectivity index (χ0n) is 8.86. The Bertz CT molecular complexity index is 531. The molecule has 0 aliphatic carbocycles. The van der Waals surface area contributed by atoms with Gasteiger partial charge in [0.15, 0.2) is 0 Å². The van der Waals surface area contributed by atoms with E-state index in [4.69, 9.17) is 11.6 Å². The van der Waals surface area contributed by atoms with Crippen molar-refractivity contribution in [2.75, 3.05) is 0 Å². The van der Waals surface area contributed by atoms with Gasteiger partial charge in [-0.15, -0.1) is 0 Å². The van der Waals surface area contributed by atoms with Gasteiger partial charge in [0.25, 0.3) is 0 Å². The molecule has 0 saturated heterocycles. The maximum Gasteiger partial charge on any atom is 0.0692 e. The predicted octanol–water partition coefficient (Wildman–Crippen LogP) is 4.75. The first-order valence-corrected chi connectivity index (χ1v) is 7.00. The van der Waals surface area contributed by atoms with E-state index in [9.17, 15) is 5.11 Å². The van der Waals surface area contributed by atoms with E-state index in [1.54, 1.807) is 11.8 Å². The van der Waals surface area contributed by atoms with E-state index in [-0.39, 0.29) is 6.61 Å². The number of hydrogen-bond acceptors (Lipinski definition) is 2. The first-order valence-electron chi connectivity index (χ1n) is 5.02. The Hall–Kier alpha value is -0.480. The Morgan fingerprint density at radius 3 is 2.71 bits per heavy atom. The number of hydrogen-bond donors (Lipinski definition) is 1. The Morgan fingerprint density at radius 1 is 1.18 bits per heavy atom. The standard InChI is InChI=1S/C13H10BrClOS/c14-10-5-4-9(8-16)13(6-10)17-12-3-1-2-11(15)7-12/h1-7,16H,8H2. The number of aliphatic hydroxyl groups is 1. The lowest BCUT2D eigenvalue weighted by Crippen LogP contribution is -1.87. The predicted molar refractivity (Wildman–Crippen MR) is 75.6 cm³/mol. The highest BCUT2D eigenvalue weighted by molar-refractivity contribution is 9.10. The molecule has 0 aliphatic heterocycles. The lowest BCUT2D eigenvalue weighted by Gasteiger charge is -2.07. The fourth-order valence-corrected chi connectivity index (χ4v) is 3.22. The Labute approximate surface area is 118 Å². The fraction of sp³-hybridized carbons (Fsp3) is 0.0769. The highest BCUT2D eigenvalue weighted by Gasteiger charge is 2.05. The van der Waals surface area contributed by atoms with Crippen molar-refractivity contribution in [3.05, 3.63) is 57.5 Å². The van der Waals surface area contributed by atoms with Crippen LogP contribution in [0.25, 0.3) is 0 Å². The van der Waals surface area contributed by atoms with Crippen molar-refractivity contribution in [2.24, 2.45) is 0 Å². The maximum absolute atomic E-state index is 9.29. The Morgan fingerprint density at radius 2 is 2.00 bits per heavy atom. The second kappa shape index (κ2) is 5.91. The summed E-state index contributed by atoms with van der Waals surface area (Å²) in [6.07, 6.45) is 0. The highest BCUT2D eigenvalue weighted by atomic mass is 79.9. The van der Waals surface area contributed by atoms with Crippen LogP contribution in [0.5, 0.6) is 0 Å². The number of benzene rings is 2. The van der Waals surface area contributed by atoms with Crippen LogP contribution in [-0.2, 0) is 6.61 Å². The summed E-state index contributed by atoms with van der Waals surface area (Å²) in [5, 5.41) is 10.0. The van der Waals surface area contributed by atoms with Crippen LogP contribution in [-0.4, -0.2) is 5.11 Å². The molecule has 0 atom stereocenters. The smallest absolute Gasteiger partial charge is 0.0692 e. The van der Waals surface area contributed by atoms with Crippen LogP contribution in [0.3, 0.4) is 0 Å². The molecule has 17 heavy (non-hydrogen) atoms. The van der Waals surface area contributed by atoms with Gasteiger partial charge in [-0.2, -0.15) is 0 Å². The zero-order chi connectivity index (χ0) is 12.3. The molecule has 0 fully saturated rings. The van der Waals surface area contributed by atoms with Gasteiger partial charge in [-0.3, -0.25) is 0 Å². The van der Waals surface area contributed by atoms with Gasteiger partial charge in [0.2, 0.25) is 0 Å². The minimum absolute atomic E-state index is 0.0379. The average molecular weight is 330 g/mol. The molecular formula is C13H10BrClOS. The molecule has 0 saturated carbocycles. The summed E-state index contributed by atoms with van der Waals surface area (Å²) < 4.78 is 0.999. The van der Waals surface area contributed by atoms with Crippen molar-refractivity contribution in [1.29, 1.82) is 0 Å². The van der Waals surface area contributed by atoms with E-state index in [2.05, 4.69) is 15.9 Å². The number of rotatable bonds is 3. The molecule has 0 amide bonds. The molecule has 0 bridgehead atoms. The normalized spacial score (nSPS) is 10.5. The van der Waals surface area contributed by atoms with Gasteiger partial charge >= 0.3 is 0 Å². The zero-order valence-corrected chi connectivity index (χ0v) is 12.0. The van der Waals surface area contributed by atoms with Gasteiger partial charge < -0.3 is 5.11 Å². The van der Waals surface area contributed by atoms with Crippen LogP contribution in [0.2, 0.25) is 5.02 Å². The third-order valence-electron chi connectivity index (χ3n) is 2.22. The minimum Gasteiger partial charge on any atom is -0.392 e. The van der Waals surface area contributed by atoms with Crippen molar-refractivity contribution in [3.63, 3.8) is 0 Å². The third-order valence-corrected chi connectivity index (χ3v) is 4.04. The molecule has 2 aromatic rings. The molecule has 0 radical (unpaired) electrons. The third kappa shape index (κ3) is 3.49. The highest BCUT2D eigenvalue weighted by Crippen LogP contribution is 2.33. The van der Waals surface area contributed by atoms with Crippen molar-refractivity contribution >= 4 is 39.3 Å². The van der Waals surface area contributed by atoms with Gasteiger partial charge in [0.05, 0.1) is 6.61 Å². The monoisotopic (exact) mass is 328 g/mol. The topological polar surface area (TPSA) is 20.2 Å². The van der Waals surface area contributed by atoms with Crippen LogP contribution >= 0.6 is 39.3 Å². The summed E-state index contributed by atoms with van der Waals surface area (Å²) in [5.41, 5.74) is 0.915. The average Bonchev–Trinajstić information content (AvgIpc) is 2.29. The van der Waals surface area contributed by atoms with Crippen LogP contribution in [0.1, 0.15) is 5.56 Å². The molecule has 0 aromatic heterocycles. The summed E-state index contributed by atoms with van der Waals surface area (Å²) in [5.74, 6) is 0. The van der Waals surface area contributed by atoms with Gasteiger partial charge in [0, 0.05) is 19.3 Å². The largest absolute Gasteiger partial charge is 0.392 e. The molecule has 0 spiro atoms. The van der Waals surface area contributed by atoms with E-state index >= 15 is 0 Å². The molecule has 1 N–H and O–H groups in total. The summed E-state index contributed by atoms with van der Waals surface area (Å²) in [6, 6.07) is 13.5. The van der Waals surface area contributed by atoms with E-state index in [0.717, 1.165) is 24.8 Å². The second-order valence-corrected chi connectivity index (χ2v) is 5.94. The van der Waals surface area contributed by atoms with Crippen LogP contribution in [0.4, 0.5) is 0 Å². The van der Waals surface area contributed by atoms with Crippen LogP contribution < -0.4 is 0 Å². The first kappa shape index (κ1) is 13.0. The molecule has 4 heteroatoms. The molecular weight excluding hydrogens is 320 g/mol. The molecule has 88 valence electrons. The first-order chi connectivity index (χ1) is 8.19.